The Morgan fingerprint density at radius 3 is 2.50 bits per heavy atom. The van der Waals surface area contributed by atoms with Gasteiger partial charge in [0.2, 0.25) is 0 Å². The number of rotatable bonds is 3. The molecule has 0 spiro atoms. The highest BCUT2D eigenvalue weighted by Crippen LogP contribution is 2.26. The third kappa shape index (κ3) is 2.72. The van der Waals surface area contributed by atoms with E-state index in [1.165, 1.54) is 6.08 Å². The summed E-state index contributed by atoms with van der Waals surface area (Å²) in [7, 11) is 0. The van der Waals surface area contributed by atoms with Crippen molar-refractivity contribution in [3.05, 3.63) is 39.9 Å². The van der Waals surface area contributed by atoms with Crippen molar-refractivity contribution in [3.63, 3.8) is 0 Å². The summed E-state index contributed by atoms with van der Waals surface area (Å²) in [5, 5.41) is 18.8. The number of aliphatic hydroxyl groups is 2. The van der Waals surface area contributed by atoms with Gasteiger partial charge in [0.05, 0.1) is 13.2 Å². The van der Waals surface area contributed by atoms with Crippen molar-refractivity contribution in [1.82, 2.24) is 0 Å². The second-order valence-electron chi connectivity index (χ2n) is 2.69. The smallest absolute Gasteiger partial charge is 0.0685 e. The van der Waals surface area contributed by atoms with E-state index in [0.717, 1.165) is 0 Å². The van der Waals surface area contributed by atoms with Gasteiger partial charge in [-0.2, -0.15) is 0 Å². The Morgan fingerprint density at radius 1 is 1.29 bits per heavy atom. The molecule has 0 radical (unpaired) electrons. The second kappa shape index (κ2) is 5.37. The van der Waals surface area contributed by atoms with Crippen molar-refractivity contribution in [3.8, 4) is 0 Å². The average Bonchev–Trinajstić information content (AvgIpc) is 2.15. The minimum atomic E-state index is -0.165. The molecule has 0 fully saturated rings. The van der Waals surface area contributed by atoms with E-state index in [4.69, 9.17) is 33.4 Å². The van der Waals surface area contributed by atoms with E-state index in [0.29, 0.717) is 21.2 Å². The van der Waals surface area contributed by atoms with E-state index >= 15 is 0 Å². The lowest BCUT2D eigenvalue weighted by molar-refractivity contribution is 0.334. The molecule has 0 atom stereocenters. The standard InChI is InChI=1S/C10H10Cl2O2/c11-8-1-2-9(10(12)5-8)7(6-14)3-4-13/h1-3,5,13-14H,4,6H2/b7-3-. The number of hydrogen-bond acceptors (Lipinski definition) is 2. The molecule has 2 N–H and O–H groups in total. The molecule has 0 aliphatic rings. The maximum absolute atomic E-state index is 9.03. The van der Waals surface area contributed by atoms with Gasteiger partial charge in [0, 0.05) is 10.0 Å². The number of halogens is 2. The largest absolute Gasteiger partial charge is 0.392 e. The highest BCUT2D eigenvalue weighted by Gasteiger charge is 2.05. The van der Waals surface area contributed by atoms with Crippen LogP contribution in [0.5, 0.6) is 0 Å². The second-order valence-corrected chi connectivity index (χ2v) is 3.54. The Morgan fingerprint density at radius 2 is 2.00 bits per heavy atom. The van der Waals surface area contributed by atoms with Crippen molar-refractivity contribution < 1.29 is 10.2 Å². The summed E-state index contributed by atoms with van der Waals surface area (Å²) in [6.07, 6.45) is 1.51. The molecule has 14 heavy (non-hydrogen) atoms. The molecule has 0 amide bonds. The normalized spacial score (nSPS) is 11.9. The predicted molar refractivity (Wildman–Crippen MR) is 58.6 cm³/mol. The summed E-state index contributed by atoms with van der Waals surface area (Å²) >= 11 is 11.6. The van der Waals surface area contributed by atoms with Crippen LogP contribution in [0.3, 0.4) is 0 Å². The highest BCUT2D eigenvalue weighted by atomic mass is 35.5. The molecule has 0 saturated heterocycles. The number of aliphatic hydroxyl groups excluding tert-OH is 2. The zero-order valence-electron chi connectivity index (χ0n) is 7.37. The minimum Gasteiger partial charge on any atom is -0.392 e. The van der Waals surface area contributed by atoms with Gasteiger partial charge in [-0.1, -0.05) is 35.3 Å². The first-order valence-corrected chi connectivity index (χ1v) is 4.80. The van der Waals surface area contributed by atoms with Gasteiger partial charge in [-0.25, -0.2) is 0 Å². The topological polar surface area (TPSA) is 40.5 Å². The molecule has 0 unspecified atom stereocenters. The first-order valence-electron chi connectivity index (χ1n) is 4.05. The lowest BCUT2D eigenvalue weighted by Crippen LogP contribution is -1.93. The maximum atomic E-state index is 9.03. The van der Waals surface area contributed by atoms with Crippen LogP contribution in [0.4, 0.5) is 0 Å². The quantitative estimate of drug-likeness (QED) is 0.841. The molecular weight excluding hydrogens is 223 g/mol. The summed E-state index contributed by atoms with van der Waals surface area (Å²) in [5.41, 5.74) is 1.28. The zero-order chi connectivity index (χ0) is 10.6. The maximum Gasteiger partial charge on any atom is 0.0685 e. The van der Waals surface area contributed by atoms with Gasteiger partial charge in [0.15, 0.2) is 0 Å². The SMILES string of the molecule is OC/C=C(/CO)c1ccc(Cl)cc1Cl. The lowest BCUT2D eigenvalue weighted by atomic mass is 10.1. The van der Waals surface area contributed by atoms with E-state index in [9.17, 15) is 0 Å². The minimum absolute atomic E-state index is 0.130. The first-order chi connectivity index (χ1) is 6.69. The Kier molecular flexibility index (Phi) is 4.42. The van der Waals surface area contributed by atoms with Crippen LogP contribution in [0.25, 0.3) is 5.57 Å². The summed E-state index contributed by atoms with van der Waals surface area (Å²) in [5.74, 6) is 0. The summed E-state index contributed by atoms with van der Waals surface area (Å²) in [4.78, 5) is 0. The highest BCUT2D eigenvalue weighted by molar-refractivity contribution is 6.35. The Labute approximate surface area is 92.4 Å². The van der Waals surface area contributed by atoms with E-state index < -0.39 is 0 Å². The molecule has 1 aromatic carbocycles. The molecule has 0 aliphatic heterocycles. The summed E-state index contributed by atoms with van der Waals surface area (Å²) in [6, 6.07) is 4.99. The van der Waals surface area contributed by atoms with Crippen LogP contribution in [0.2, 0.25) is 10.0 Å². The van der Waals surface area contributed by atoms with Crippen LogP contribution in [-0.4, -0.2) is 23.4 Å². The van der Waals surface area contributed by atoms with Crippen molar-refractivity contribution in [1.29, 1.82) is 0 Å². The molecule has 0 aromatic heterocycles. The van der Waals surface area contributed by atoms with Gasteiger partial charge < -0.3 is 10.2 Å². The third-order valence-electron chi connectivity index (χ3n) is 1.79. The number of benzene rings is 1. The van der Waals surface area contributed by atoms with Gasteiger partial charge in [0.1, 0.15) is 0 Å². The van der Waals surface area contributed by atoms with Crippen LogP contribution in [0.15, 0.2) is 24.3 Å². The van der Waals surface area contributed by atoms with Crippen LogP contribution in [0, 0.1) is 0 Å². The molecule has 4 heteroatoms. The zero-order valence-corrected chi connectivity index (χ0v) is 8.89. The molecule has 0 aliphatic carbocycles. The monoisotopic (exact) mass is 232 g/mol. The molecule has 0 saturated carbocycles. The van der Waals surface area contributed by atoms with Crippen molar-refractivity contribution in [2.24, 2.45) is 0 Å². The molecule has 0 heterocycles. The van der Waals surface area contributed by atoms with Gasteiger partial charge in [-0.3, -0.25) is 0 Å². The fourth-order valence-corrected chi connectivity index (χ4v) is 1.65. The fourth-order valence-electron chi connectivity index (χ4n) is 1.12. The molecular formula is C10H10Cl2O2. The van der Waals surface area contributed by atoms with Crippen LogP contribution in [0.1, 0.15) is 5.56 Å². The van der Waals surface area contributed by atoms with Crippen LogP contribution >= 0.6 is 23.2 Å². The molecule has 2 nitrogen and oxygen atoms in total. The van der Waals surface area contributed by atoms with Gasteiger partial charge in [0.25, 0.3) is 0 Å². The molecule has 76 valence electrons. The van der Waals surface area contributed by atoms with E-state index in [1.54, 1.807) is 18.2 Å². The van der Waals surface area contributed by atoms with E-state index in [1.807, 2.05) is 0 Å². The summed E-state index contributed by atoms with van der Waals surface area (Å²) < 4.78 is 0. The van der Waals surface area contributed by atoms with Crippen molar-refractivity contribution in [2.45, 2.75) is 0 Å². The van der Waals surface area contributed by atoms with Crippen molar-refractivity contribution >= 4 is 28.8 Å². The third-order valence-corrected chi connectivity index (χ3v) is 2.33. The predicted octanol–water partition coefficient (Wildman–Crippen LogP) is 2.36. The Hall–Kier alpha value is -0.540. The van der Waals surface area contributed by atoms with Gasteiger partial charge in [-0.15, -0.1) is 0 Å². The van der Waals surface area contributed by atoms with Gasteiger partial charge >= 0.3 is 0 Å². The summed E-state index contributed by atoms with van der Waals surface area (Å²) in [6.45, 7) is -0.295. The van der Waals surface area contributed by atoms with Crippen LogP contribution in [-0.2, 0) is 0 Å². The molecule has 1 aromatic rings. The molecule has 0 bridgehead atoms. The van der Waals surface area contributed by atoms with Crippen LogP contribution < -0.4 is 0 Å². The fraction of sp³-hybridized carbons (Fsp3) is 0.200. The lowest BCUT2D eigenvalue weighted by Gasteiger charge is -2.06. The Bertz CT molecular complexity index is 348. The molecule has 1 rings (SSSR count). The number of hydrogen-bond donors (Lipinski definition) is 2. The van der Waals surface area contributed by atoms with E-state index in [2.05, 4.69) is 0 Å². The Balaban J connectivity index is 3.11. The van der Waals surface area contributed by atoms with E-state index in [-0.39, 0.29) is 13.2 Å². The van der Waals surface area contributed by atoms with Crippen molar-refractivity contribution in [2.75, 3.05) is 13.2 Å². The first kappa shape index (κ1) is 11.5. The van der Waals surface area contributed by atoms with Gasteiger partial charge in [-0.05, 0) is 23.3 Å². The average molecular weight is 233 g/mol.